The number of aromatic nitrogens is 2. The molecule has 0 aliphatic heterocycles. The van der Waals surface area contributed by atoms with Crippen molar-refractivity contribution >= 4 is 11.8 Å². The maximum atomic E-state index is 11.1. The summed E-state index contributed by atoms with van der Waals surface area (Å²) in [6, 6.07) is 1.68. The van der Waals surface area contributed by atoms with Crippen molar-refractivity contribution in [2.45, 2.75) is 24.5 Å². The second-order valence-electron chi connectivity index (χ2n) is 3.66. The quantitative estimate of drug-likeness (QED) is 0.534. The molecular formula is C11H19N3O2S. The van der Waals surface area contributed by atoms with Crippen LogP contribution in [-0.4, -0.2) is 42.0 Å². The summed E-state index contributed by atoms with van der Waals surface area (Å²) in [4.78, 5) is 17.9. The van der Waals surface area contributed by atoms with E-state index in [1.807, 2.05) is 0 Å². The van der Waals surface area contributed by atoms with Crippen molar-refractivity contribution in [3.05, 3.63) is 22.6 Å². The molecule has 5 nitrogen and oxygen atoms in total. The fourth-order valence-corrected chi connectivity index (χ4v) is 2.20. The Morgan fingerprint density at radius 1 is 1.65 bits per heavy atom. The molecule has 1 aromatic rings. The SMILES string of the molecule is CCCNC(COC)CSc1nccc(=O)[nH]1. The van der Waals surface area contributed by atoms with Gasteiger partial charge in [0.05, 0.1) is 6.61 Å². The van der Waals surface area contributed by atoms with Crippen molar-refractivity contribution in [2.24, 2.45) is 0 Å². The molecule has 17 heavy (non-hydrogen) atoms. The Balaban J connectivity index is 2.42. The van der Waals surface area contributed by atoms with E-state index in [1.165, 1.54) is 24.0 Å². The molecule has 1 atom stereocenters. The van der Waals surface area contributed by atoms with Crippen molar-refractivity contribution < 1.29 is 4.74 Å². The van der Waals surface area contributed by atoms with Crippen LogP contribution >= 0.6 is 11.8 Å². The summed E-state index contributed by atoms with van der Waals surface area (Å²) in [5.41, 5.74) is -0.118. The van der Waals surface area contributed by atoms with Gasteiger partial charge in [0.25, 0.3) is 5.56 Å². The van der Waals surface area contributed by atoms with Gasteiger partial charge in [-0.15, -0.1) is 0 Å². The van der Waals surface area contributed by atoms with Crippen molar-refractivity contribution in [3.8, 4) is 0 Å². The highest BCUT2D eigenvalue weighted by Gasteiger charge is 2.08. The molecule has 0 saturated carbocycles. The highest BCUT2D eigenvalue weighted by Crippen LogP contribution is 2.11. The van der Waals surface area contributed by atoms with Crippen molar-refractivity contribution in [1.29, 1.82) is 0 Å². The molecular weight excluding hydrogens is 238 g/mol. The van der Waals surface area contributed by atoms with E-state index in [-0.39, 0.29) is 11.6 Å². The van der Waals surface area contributed by atoms with Crippen LogP contribution in [0.15, 0.2) is 22.2 Å². The lowest BCUT2D eigenvalue weighted by atomic mass is 10.3. The lowest BCUT2D eigenvalue weighted by molar-refractivity contribution is 0.174. The number of hydrogen-bond donors (Lipinski definition) is 2. The topological polar surface area (TPSA) is 67.0 Å². The van der Waals surface area contributed by atoms with E-state index in [4.69, 9.17) is 4.74 Å². The lowest BCUT2D eigenvalue weighted by Gasteiger charge is -2.16. The molecule has 1 heterocycles. The van der Waals surface area contributed by atoms with Gasteiger partial charge in [0, 0.05) is 31.2 Å². The normalized spacial score (nSPS) is 12.6. The van der Waals surface area contributed by atoms with Gasteiger partial charge in [-0.25, -0.2) is 4.98 Å². The molecule has 1 rings (SSSR count). The maximum Gasteiger partial charge on any atom is 0.251 e. The third kappa shape index (κ3) is 5.86. The summed E-state index contributed by atoms with van der Waals surface area (Å²) in [6.07, 6.45) is 2.61. The zero-order chi connectivity index (χ0) is 12.5. The first-order valence-corrected chi connectivity index (χ1v) is 6.65. The first-order chi connectivity index (χ1) is 8.26. The average Bonchev–Trinajstić information content (AvgIpc) is 2.33. The van der Waals surface area contributed by atoms with Crippen molar-refractivity contribution in [3.63, 3.8) is 0 Å². The number of ether oxygens (including phenoxy) is 1. The number of rotatable bonds is 8. The average molecular weight is 257 g/mol. The minimum Gasteiger partial charge on any atom is -0.383 e. The van der Waals surface area contributed by atoms with Gasteiger partial charge in [0.2, 0.25) is 0 Å². The predicted molar refractivity (Wildman–Crippen MR) is 69.5 cm³/mol. The molecule has 0 fully saturated rings. The second kappa shape index (κ2) is 8.27. The highest BCUT2D eigenvalue weighted by molar-refractivity contribution is 7.99. The van der Waals surface area contributed by atoms with Gasteiger partial charge < -0.3 is 15.0 Å². The zero-order valence-corrected chi connectivity index (χ0v) is 11.0. The van der Waals surface area contributed by atoms with Gasteiger partial charge in [0.15, 0.2) is 5.16 Å². The number of hydrogen-bond acceptors (Lipinski definition) is 5. The molecule has 0 aromatic carbocycles. The minimum atomic E-state index is -0.118. The van der Waals surface area contributed by atoms with Crippen LogP contribution in [0.3, 0.4) is 0 Å². The number of methoxy groups -OCH3 is 1. The van der Waals surface area contributed by atoms with Crippen LogP contribution in [0.5, 0.6) is 0 Å². The van der Waals surface area contributed by atoms with Gasteiger partial charge >= 0.3 is 0 Å². The third-order valence-corrected chi connectivity index (χ3v) is 3.17. The second-order valence-corrected chi connectivity index (χ2v) is 4.67. The summed E-state index contributed by atoms with van der Waals surface area (Å²) in [5.74, 6) is 0.820. The fraction of sp³-hybridized carbons (Fsp3) is 0.636. The number of nitrogens with zero attached hydrogens (tertiary/aromatic N) is 1. The van der Waals surface area contributed by atoms with Gasteiger partial charge in [0.1, 0.15) is 0 Å². The van der Waals surface area contributed by atoms with Crippen LogP contribution in [0.2, 0.25) is 0 Å². The number of nitrogens with one attached hydrogen (secondary N) is 2. The summed E-state index contributed by atoms with van der Waals surface area (Å²) >= 11 is 1.52. The van der Waals surface area contributed by atoms with E-state index in [0.717, 1.165) is 18.7 Å². The monoisotopic (exact) mass is 257 g/mol. The molecule has 0 bridgehead atoms. The van der Waals surface area contributed by atoms with E-state index < -0.39 is 0 Å². The Bertz CT molecular complexity index is 370. The van der Waals surface area contributed by atoms with Crippen LogP contribution < -0.4 is 10.9 Å². The predicted octanol–water partition coefficient (Wildman–Crippen LogP) is 0.877. The summed E-state index contributed by atoms with van der Waals surface area (Å²) in [6.45, 7) is 3.75. The molecule has 0 spiro atoms. The Morgan fingerprint density at radius 2 is 2.47 bits per heavy atom. The Labute approximate surface area is 105 Å². The molecule has 96 valence electrons. The number of H-pyrrole nitrogens is 1. The molecule has 2 N–H and O–H groups in total. The Kier molecular flexibility index (Phi) is 6.91. The smallest absolute Gasteiger partial charge is 0.251 e. The molecule has 1 unspecified atom stereocenters. The van der Waals surface area contributed by atoms with Crippen molar-refractivity contribution in [1.82, 2.24) is 15.3 Å². The first-order valence-electron chi connectivity index (χ1n) is 5.66. The molecule has 1 aromatic heterocycles. The van der Waals surface area contributed by atoms with Gasteiger partial charge in [-0.05, 0) is 13.0 Å². The molecule has 0 aliphatic carbocycles. The van der Waals surface area contributed by atoms with E-state index in [1.54, 1.807) is 7.11 Å². The third-order valence-electron chi connectivity index (χ3n) is 2.12. The van der Waals surface area contributed by atoms with E-state index in [0.29, 0.717) is 11.8 Å². The standard InChI is InChI=1S/C11H19N3O2S/c1-3-5-12-9(7-16-2)8-17-11-13-6-4-10(15)14-11/h4,6,9,12H,3,5,7-8H2,1-2H3,(H,13,14,15). The number of aromatic amines is 1. The van der Waals surface area contributed by atoms with Crippen molar-refractivity contribution in [2.75, 3.05) is 26.0 Å². The van der Waals surface area contributed by atoms with Gasteiger partial charge in [-0.3, -0.25) is 4.79 Å². The van der Waals surface area contributed by atoms with E-state index in [9.17, 15) is 4.79 Å². The Morgan fingerprint density at radius 3 is 3.12 bits per heavy atom. The largest absolute Gasteiger partial charge is 0.383 e. The number of thioether (sulfide) groups is 1. The first kappa shape index (κ1) is 14.2. The van der Waals surface area contributed by atoms with Crippen LogP contribution in [0.25, 0.3) is 0 Å². The van der Waals surface area contributed by atoms with Gasteiger partial charge in [-0.2, -0.15) is 0 Å². The van der Waals surface area contributed by atoms with E-state index in [2.05, 4.69) is 22.2 Å². The fourth-order valence-electron chi connectivity index (χ4n) is 1.32. The molecule has 0 aliphatic rings. The van der Waals surface area contributed by atoms with Crippen LogP contribution in [-0.2, 0) is 4.74 Å². The van der Waals surface area contributed by atoms with Crippen LogP contribution in [0.4, 0.5) is 0 Å². The van der Waals surface area contributed by atoms with E-state index >= 15 is 0 Å². The maximum absolute atomic E-state index is 11.1. The summed E-state index contributed by atoms with van der Waals surface area (Å²) in [5, 5.41) is 4.04. The zero-order valence-electron chi connectivity index (χ0n) is 10.2. The summed E-state index contributed by atoms with van der Waals surface area (Å²) < 4.78 is 5.15. The lowest BCUT2D eigenvalue weighted by Crippen LogP contribution is -2.36. The van der Waals surface area contributed by atoms with Gasteiger partial charge in [-0.1, -0.05) is 18.7 Å². The highest BCUT2D eigenvalue weighted by atomic mass is 32.2. The van der Waals surface area contributed by atoms with Crippen LogP contribution in [0.1, 0.15) is 13.3 Å². The van der Waals surface area contributed by atoms with Crippen LogP contribution in [0, 0.1) is 0 Å². The molecule has 0 radical (unpaired) electrons. The molecule has 0 amide bonds. The molecule has 6 heteroatoms. The summed E-state index contributed by atoms with van der Waals surface area (Å²) in [7, 11) is 1.69. The Hall–Kier alpha value is -0.850. The molecule has 0 saturated heterocycles. The minimum absolute atomic E-state index is 0.118.